The van der Waals surface area contributed by atoms with Crippen molar-refractivity contribution in [3.8, 4) is 22.7 Å². The molecular formula is C24H22F3N3O. The molecule has 0 atom stereocenters. The molecule has 0 saturated carbocycles. The summed E-state index contributed by atoms with van der Waals surface area (Å²) in [5.41, 5.74) is 2.21. The number of nitrogens with zero attached hydrogens (tertiary/aromatic N) is 3. The van der Waals surface area contributed by atoms with E-state index in [2.05, 4.69) is 10.1 Å². The topological polar surface area (TPSA) is 39.9 Å². The largest absolute Gasteiger partial charge is 0.491 e. The molecule has 31 heavy (non-hydrogen) atoms. The van der Waals surface area contributed by atoms with Crippen molar-refractivity contribution in [1.29, 1.82) is 0 Å². The lowest BCUT2D eigenvalue weighted by atomic mass is 10.0. The van der Waals surface area contributed by atoms with Crippen molar-refractivity contribution in [2.24, 2.45) is 0 Å². The first-order valence-corrected chi connectivity index (χ1v) is 9.95. The van der Waals surface area contributed by atoms with Crippen LogP contribution in [0.5, 0.6) is 5.75 Å². The van der Waals surface area contributed by atoms with Gasteiger partial charge in [0.05, 0.1) is 34.1 Å². The van der Waals surface area contributed by atoms with Crippen LogP contribution in [-0.2, 0) is 6.18 Å². The number of alkyl halides is 3. The van der Waals surface area contributed by atoms with Crippen molar-refractivity contribution in [2.75, 3.05) is 0 Å². The van der Waals surface area contributed by atoms with E-state index >= 15 is 0 Å². The smallest absolute Gasteiger partial charge is 0.417 e. The van der Waals surface area contributed by atoms with Gasteiger partial charge in [0.25, 0.3) is 0 Å². The highest BCUT2D eigenvalue weighted by Crippen LogP contribution is 2.38. The number of fused-ring (bicyclic) bond motifs is 1. The number of pyridine rings is 1. The Hall–Kier alpha value is -3.35. The molecule has 0 amide bonds. The van der Waals surface area contributed by atoms with Crippen LogP contribution in [0.1, 0.15) is 30.7 Å². The zero-order valence-corrected chi connectivity index (χ0v) is 17.7. The quantitative estimate of drug-likeness (QED) is 0.374. The number of ether oxygens (including phenoxy) is 1. The van der Waals surface area contributed by atoms with E-state index in [1.165, 1.54) is 4.68 Å². The third kappa shape index (κ3) is 4.13. The maximum atomic E-state index is 14.0. The summed E-state index contributed by atoms with van der Waals surface area (Å²) in [6.07, 6.45) is -4.54. The van der Waals surface area contributed by atoms with E-state index in [0.29, 0.717) is 17.0 Å². The molecule has 0 aliphatic carbocycles. The number of halogens is 3. The van der Waals surface area contributed by atoms with E-state index in [0.717, 1.165) is 11.6 Å². The molecule has 0 bridgehead atoms. The molecule has 4 nitrogen and oxygen atoms in total. The molecule has 0 aliphatic heterocycles. The van der Waals surface area contributed by atoms with Gasteiger partial charge in [-0.05, 0) is 70.2 Å². The van der Waals surface area contributed by atoms with E-state index in [9.17, 15) is 13.2 Å². The number of hydrogen-bond acceptors (Lipinski definition) is 3. The predicted octanol–water partition coefficient (Wildman–Crippen LogP) is 6.51. The van der Waals surface area contributed by atoms with Gasteiger partial charge >= 0.3 is 6.18 Å². The minimum absolute atomic E-state index is 0.00370. The third-order valence-electron chi connectivity index (χ3n) is 4.92. The Balaban J connectivity index is 1.93. The Labute approximate surface area is 178 Å². The highest BCUT2D eigenvalue weighted by molar-refractivity contribution is 5.87. The summed E-state index contributed by atoms with van der Waals surface area (Å²) in [6.45, 7) is 7.34. The van der Waals surface area contributed by atoms with Crippen LogP contribution in [0.3, 0.4) is 0 Å². The molecule has 160 valence electrons. The number of aryl methyl sites for hydroxylation is 2. The number of aromatic nitrogens is 3. The van der Waals surface area contributed by atoms with E-state index in [1.807, 2.05) is 45.0 Å². The number of hydrogen-bond donors (Lipinski definition) is 0. The molecule has 0 N–H and O–H groups in total. The molecule has 2 heterocycles. The molecule has 0 radical (unpaired) electrons. The van der Waals surface area contributed by atoms with Crippen LogP contribution < -0.4 is 4.74 Å². The van der Waals surface area contributed by atoms with Crippen molar-refractivity contribution in [3.63, 3.8) is 0 Å². The SMILES string of the molecule is Cc1ccc(-n2nc(C)c3c(C(F)(F)F)cc(-c4ccc(OC(C)C)cc4)nc32)cc1. The molecule has 0 fully saturated rings. The highest BCUT2D eigenvalue weighted by atomic mass is 19.4. The van der Waals surface area contributed by atoms with Crippen molar-refractivity contribution in [1.82, 2.24) is 14.8 Å². The summed E-state index contributed by atoms with van der Waals surface area (Å²) >= 11 is 0. The first kappa shape index (κ1) is 20.9. The number of benzene rings is 2. The fraction of sp³-hybridized carbons (Fsp3) is 0.250. The van der Waals surface area contributed by atoms with Crippen molar-refractivity contribution in [3.05, 3.63) is 71.4 Å². The second-order valence-corrected chi connectivity index (χ2v) is 7.78. The molecular weight excluding hydrogens is 403 g/mol. The van der Waals surface area contributed by atoms with Crippen molar-refractivity contribution in [2.45, 2.75) is 40.0 Å². The summed E-state index contributed by atoms with van der Waals surface area (Å²) in [5.74, 6) is 0.649. The maximum absolute atomic E-state index is 14.0. The summed E-state index contributed by atoms with van der Waals surface area (Å²) in [5, 5.41) is 4.39. The number of rotatable bonds is 4. The molecule has 7 heteroatoms. The van der Waals surface area contributed by atoms with E-state index in [1.54, 1.807) is 31.2 Å². The van der Waals surface area contributed by atoms with Crippen LogP contribution >= 0.6 is 0 Å². The van der Waals surface area contributed by atoms with Gasteiger partial charge in [0.2, 0.25) is 0 Å². The van der Waals surface area contributed by atoms with Gasteiger partial charge in [0.15, 0.2) is 5.65 Å². The summed E-state index contributed by atoms with van der Waals surface area (Å²) in [6, 6.07) is 15.4. The lowest BCUT2D eigenvalue weighted by molar-refractivity contribution is -0.136. The summed E-state index contributed by atoms with van der Waals surface area (Å²) in [7, 11) is 0. The summed E-state index contributed by atoms with van der Waals surface area (Å²) < 4.78 is 49.0. The van der Waals surface area contributed by atoms with Gasteiger partial charge < -0.3 is 4.74 Å². The van der Waals surface area contributed by atoms with E-state index < -0.39 is 11.7 Å². The average molecular weight is 425 g/mol. The highest BCUT2D eigenvalue weighted by Gasteiger charge is 2.35. The molecule has 2 aromatic heterocycles. The first-order chi connectivity index (χ1) is 14.6. The van der Waals surface area contributed by atoms with Gasteiger partial charge in [-0.3, -0.25) is 0 Å². The lowest BCUT2D eigenvalue weighted by Gasteiger charge is -2.13. The van der Waals surface area contributed by atoms with Crippen LogP contribution in [0.25, 0.3) is 28.0 Å². The van der Waals surface area contributed by atoms with Crippen molar-refractivity contribution >= 4 is 11.0 Å². The van der Waals surface area contributed by atoms with Gasteiger partial charge in [0, 0.05) is 5.56 Å². The molecule has 0 unspecified atom stereocenters. The Morgan fingerprint density at radius 1 is 0.935 bits per heavy atom. The van der Waals surface area contributed by atoms with E-state index in [4.69, 9.17) is 4.74 Å². The Bertz CT molecular complexity index is 1220. The lowest BCUT2D eigenvalue weighted by Crippen LogP contribution is -2.08. The fourth-order valence-corrected chi connectivity index (χ4v) is 3.50. The summed E-state index contributed by atoms with van der Waals surface area (Å²) in [4.78, 5) is 4.59. The average Bonchev–Trinajstić information content (AvgIpc) is 3.04. The second kappa shape index (κ2) is 7.72. The van der Waals surface area contributed by atoms with Gasteiger partial charge in [-0.15, -0.1) is 0 Å². The Morgan fingerprint density at radius 3 is 2.16 bits per heavy atom. The Kier molecular flexibility index (Phi) is 5.21. The Morgan fingerprint density at radius 2 is 1.58 bits per heavy atom. The monoisotopic (exact) mass is 425 g/mol. The standard InChI is InChI=1S/C24H22F3N3O/c1-14(2)31-19-11-7-17(8-12-19)21-13-20(24(25,26)27)22-16(4)29-30(23(22)28-21)18-9-5-15(3)6-10-18/h5-14H,1-4H3. The fourth-order valence-electron chi connectivity index (χ4n) is 3.50. The third-order valence-corrected chi connectivity index (χ3v) is 4.92. The van der Waals surface area contributed by atoms with Crippen molar-refractivity contribution < 1.29 is 17.9 Å². The molecule has 0 aliphatic rings. The zero-order chi connectivity index (χ0) is 22.3. The molecule has 0 saturated heterocycles. The van der Waals surface area contributed by atoms with Crippen LogP contribution in [0.2, 0.25) is 0 Å². The van der Waals surface area contributed by atoms with Crippen LogP contribution in [0, 0.1) is 13.8 Å². The maximum Gasteiger partial charge on any atom is 0.417 e. The van der Waals surface area contributed by atoms with E-state index in [-0.39, 0.29) is 28.5 Å². The second-order valence-electron chi connectivity index (χ2n) is 7.78. The molecule has 2 aromatic carbocycles. The van der Waals surface area contributed by atoms with Crippen LogP contribution in [0.4, 0.5) is 13.2 Å². The molecule has 4 aromatic rings. The van der Waals surface area contributed by atoms with Crippen LogP contribution in [0.15, 0.2) is 54.6 Å². The van der Waals surface area contributed by atoms with Gasteiger partial charge in [-0.1, -0.05) is 17.7 Å². The normalized spacial score (nSPS) is 12.0. The minimum atomic E-state index is -4.54. The predicted molar refractivity (Wildman–Crippen MR) is 115 cm³/mol. The first-order valence-electron chi connectivity index (χ1n) is 9.95. The van der Waals surface area contributed by atoms with Gasteiger partial charge in [-0.2, -0.15) is 18.3 Å². The zero-order valence-electron chi connectivity index (χ0n) is 17.7. The molecule has 0 spiro atoms. The molecule has 4 rings (SSSR count). The minimum Gasteiger partial charge on any atom is -0.491 e. The van der Waals surface area contributed by atoms with Gasteiger partial charge in [0.1, 0.15) is 5.75 Å². The van der Waals surface area contributed by atoms with Crippen LogP contribution in [-0.4, -0.2) is 20.9 Å². The van der Waals surface area contributed by atoms with Gasteiger partial charge in [-0.25, -0.2) is 9.67 Å².